The molecule has 24 heavy (non-hydrogen) atoms. The lowest BCUT2D eigenvalue weighted by Crippen LogP contribution is -2.43. The molecule has 2 N–H and O–H groups in total. The van der Waals surface area contributed by atoms with E-state index in [1.807, 2.05) is 27.7 Å². The van der Waals surface area contributed by atoms with E-state index in [1.54, 1.807) is 12.1 Å². The first kappa shape index (κ1) is 20.7. The Morgan fingerprint density at radius 2 is 2.04 bits per heavy atom. The zero-order valence-electron chi connectivity index (χ0n) is 15.1. The lowest BCUT2D eigenvalue weighted by Gasteiger charge is -2.25. The molecule has 0 heterocycles. The Labute approximate surface area is 149 Å². The number of rotatable bonds is 7. The summed E-state index contributed by atoms with van der Waals surface area (Å²) in [6, 6.07) is 4.77. The van der Waals surface area contributed by atoms with Crippen LogP contribution in [0.2, 0.25) is 5.02 Å². The Bertz CT molecular complexity index is 546. The summed E-state index contributed by atoms with van der Waals surface area (Å²) >= 11 is 5.84. The molecule has 0 radical (unpaired) electrons. The largest absolute Gasteiger partial charge is 0.444 e. The van der Waals surface area contributed by atoms with E-state index in [4.69, 9.17) is 16.3 Å². The van der Waals surface area contributed by atoms with Crippen molar-refractivity contribution in [2.75, 3.05) is 6.54 Å². The van der Waals surface area contributed by atoms with E-state index in [-0.39, 0.29) is 17.1 Å². The van der Waals surface area contributed by atoms with Crippen molar-refractivity contribution in [3.05, 3.63) is 34.6 Å². The molecule has 1 amide bonds. The smallest absolute Gasteiger partial charge is 0.407 e. The number of nitrogens with one attached hydrogen (secondary N) is 2. The van der Waals surface area contributed by atoms with Gasteiger partial charge in [-0.1, -0.05) is 31.0 Å². The minimum Gasteiger partial charge on any atom is -0.444 e. The van der Waals surface area contributed by atoms with Gasteiger partial charge in [-0.2, -0.15) is 0 Å². The number of halogens is 2. The molecule has 0 aliphatic carbocycles. The van der Waals surface area contributed by atoms with Crippen LogP contribution in [-0.2, 0) is 4.74 Å². The first-order chi connectivity index (χ1) is 11.1. The molecule has 0 spiro atoms. The molecule has 6 heteroatoms. The highest BCUT2D eigenvalue weighted by molar-refractivity contribution is 6.30. The van der Waals surface area contributed by atoms with Crippen LogP contribution in [0.1, 0.15) is 59.1 Å². The number of benzene rings is 1. The number of alkyl carbamates (subject to hydrolysis) is 1. The number of ether oxygens (including phenoxy) is 1. The van der Waals surface area contributed by atoms with Crippen LogP contribution in [0.5, 0.6) is 0 Å². The predicted molar refractivity (Wildman–Crippen MR) is 95.9 cm³/mol. The second kappa shape index (κ2) is 9.23. The van der Waals surface area contributed by atoms with Crippen LogP contribution < -0.4 is 10.6 Å². The SMILES string of the molecule is CCCC(CNC(=O)OC(C)(C)C)NC(C)c1ccc(F)c(Cl)c1. The third kappa shape index (κ3) is 7.49. The average molecular weight is 359 g/mol. The number of carbonyl (C=O) groups is 1. The Morgan fingerprint density at radius 1 is 1.38 bits per heavy atom. The molecule has 1 aromatic carbocycles. The molecular formula is C18H28ClFN2O2. The van der Waals surface area contributed by atoms with Gasteiger partial charge in [0.15, 0.2) is 0 Å². The topological polar surface area (TPSA) is 50.4 Å². The molecule has 1 aromatic rings. The van der Waals surface area contributed by atoms with E-state index < -0.39 is 17.5 Å². The highest BCUT2D eigenvalue weighted by Gasteiger charge is 2.18. The summed E-state index contributed by atoms with van der Waals surface area (Å²) in [5.74, 6) is -0.427. The molecule has 0 saturated carbocycles. The Kier molecular flexibility index (Phi) is 7.97. The lowest BCUT2D eigenvalue weighted by atomic mass is 10.1. The highest BCUT2D eigenvalue weighted by atomic mass is 35.5. The summed E-state index contributed by atoms with van der Waals surface area (Å²) in [6.07, 6.45) is 1.45. The molecule has 1 rings (SSSR count). The van der Waals surface area contributed by atoms with Gasteiger partial charge in [0, 0.05) is 18.6 Å². The van der Waals surface area contributed by atoms with Crippen molar-refractivity contribution in [2.45, 2.75) is 65.1 Å². The Hall–Kier alpha value is -1.33. The van der Waals surface area contributed by atoms with E-state index in [9.17, 15) is 9.18 Å². The summed E-state index contributed by atoms with van der Waals surface area (Å²) < 4.78 is 18.5. The van der Waals surface area contributed by atoms with Crippen molar-refractivity contribution in [3.63, 3.8) is 0 Å². The summed E-state index contributed by atoms with van der Waals surface area (Å²) in [7, 11) is 0. The molecule has 0 aliphatic heterocycles. The second-order valence-electron chi connectivity index (χ2n) is 6.93. The molecular weight excluding hydrogens is 331 g/mol. The third-order valence-corrected chi connectivity index (χ3v) is 3.75. The number of amides is 1. The standard InChI is InChI=1S/C18H28ClFN2O2/c1-6-7-14(11-21-17(23)24-18(3,4)5)22-12(2)13-8-9-16(20)15(19)10-13/h8-10,12,14,22H,6-7,11H2,1-5H3,(H,21,23). The van der Waals surface area contributed by atoms with Crippen LogP contribution >= 0.6 is 11.6 Å². The van der Waals surface area contributed by atoms with Gasteiger partial charge in [0.1, 0.15) is 11.4 Å². The fraction of sp³-hybridized carbons (Fsp3) is 0.611. The van der Waals surface area contributed by atoms with E-state index in [2.05, 4.69) is 17.6 Å². The van der Waals surface area contributed by atoms with E-state index in [0.29, 0.717) is 6.54 Å². The van der Waals surface area contributed by atoms with Gasteiger partial charge >= 0.3 is 6.09 Å². The monoisotopic (exact) mass is 358 g/mol. The van der Waals surface area contributed by atoms with Crippen molar-refractivity contribution in [1.29, 1.82) is 0 Å². The van der Waals surface area contributed by atoms with Gasteiger partial charge in [-0.05, 0) is 51.8 Å². The van der Waals surface area contributed by atoms with E-state index in [1.165, 1.54) is 6.07 Å². The predicted octanol–water partition coefficient (Wildman–Crippen LogP) is 4.82. The van der Waals surface area contributed by atoms with Crippen molar-refractivity contribution in [3.8, 4) is 0 Å². The maximum Gasteiger partial charge on any atom is 0.407 e. The lowest BCUT2D eigenvalue weighted by molar-refractivity contribution is 0.0521. The molecule has 0 bridgehead atoms. The summed E-state index contributed by atoms with van der Waals surface area (Å²) in [6.45, 7) is 10.0. The third-order valence-electron chi connectivity index (χ3n) is 3.46. The first-order valence-electron chi connectivity index (χ1n) is 8.30. The maximum absolute atomic E-state index is 13.3. The zero-order chi connectivity index (χ0) is 18.3. The summed E-state index contributed by atoms with van der Waals surface area (Å²) in [5, 5.41) is 6.35. The quantitative estimate of drug-likeness (QED) is 0.734. The molecule has 0 fully saturated rings. The Morgan fingerprint density at radius 3 is 2.58 bits per heavy atom. The molecule has 4 nitrogen and oxygen atoms in total. The summed E-state index contributed by atoms with van der Waals surface area (Å²) in [5.41, 5.74) is 0.385. The van der Waals surface area contributed by atoms with Crippen molar-refractivity contribution in [1.82, 2.24) is 10.6 Å². The van der Waals surface area contributed by atoms with E-state index in [0.717, 1.165) is 18.4 Å². The van der Waals surface area contributed by atoms with Crippen LogP contribution in [0.3, 0.4) is 0 Å². The van der Waals surface area contributed by atoms with Crippen LogP contribution in [0.25, 0.3) is 0 Å². The molecule has 136 valence electrons. The van der Waals surface area contributed by atoms with Gasteiger partial charge in [-0.15, -0.1) is 0 Å². The highest BCUT2D eigenvalue weighted by Crippen LogP contribution is 2.21. The van der Waals surface area contributed by atoms with Crippen molar-refractivity contribution >= 4 is 17.7 Å². The maximum atomic E-state index is 13.3. The molecule has 0 aliphatic rings. The normalized spacial score (nSPS) is 14.1. The number of hydrogen-bond donors (Lipinski definition) is 2. The fourth-order valence-corrected chi connectivity index (χ4v) is 2.53. The van der Waals surface area contributed by atoms with Gasteiger partial charge in [0.2, 0.25) is 0 Å². The molecule has 0 saturated heterocycles. The minimum absolute atomic E-state index is 0.0138. The fourth-order valence-electron chi connectivity index (χ4n) is 2.34. The van der Waals surface area contributed by atoms with Gasteiger partial charge in [-0.25, -0.2) is 9.18 Å². The van der Waals surface area contributed by atoms with Crippen LogP contribution in [0.4, 0.5) is 9.18 Å². The van der Waals surface area contributed by atoms with Crippen LogP contribution in [-0.4, -0.2) is 24.3 Å². The van der Waals surface area contributed by atoms with Gasteiger partial charge < -0.3 is 15.4 Å². The average Bonchev–Trinajstić information content (AvgIpc) is 2.46. The minimum atomic E-state index is -0.518. The van der Waals surface area contributed by atoms with Crippen LogP contribution in [0, 0.1) is 5.82 Å². The first-order valence-corrected chi connectivity index (χ1v) is 8.68. The number of hydrogen-bond acceptors (Lipinski definition) is 3. The second-order valence-corrected chi connectivity index (χ2v) is 7.34. The van der Waals surface area contributed by atoms with E-state index >= 15 is 0 Å². The molecule has 2 atom stereocenters. The molecule has 0 aromatic heterocycles. The van der Waals surface area contributed by atoms with Gasteiger partial charge in [0.25, 0.3) is 0 Å². The van der Waals surface area contributed by atoms with Gasteiger partial charge in [-0.3, -0.25) is 0 Å². The summed E-state index contributed by atoms with van der Waals surface area (Å²) in [4.78, 5) is 11.8. The number of carbonyl (C=O) groups excluding carboxylic acids is 1. The van der Waals surface area contributed by atoms with Crippen molar-refractivity contribution < 1.29 is 13.9 Å². The van der Waals surface area contributed by atoms with Crippen molar-refractivity contribution in [2.24, 2.45) is 0 Å². The zero-order valence-corrected chi connectivity index (χ0v) is 15.8. The Balaban J connectivity index is 2.61. The van der Waals surface area contributed by atoms with Crippen LogP contribution in [0.15, 0.2) is 18.2 Å². The van der Waals surface area contributed by atoms with Gasteiger partial charge in [0.05, 0.1) is 5.02 Å². The molecule has 2 unspecified atom stereocenters.